The lowest BCUT2D eigenvalue weighted by Crippen LogP contribution is -2.50. The zero-order valence-electron chi connectivity index (χ0n) is 18.1. The van der Waals surface area contributed by atoms with Gasteiger partial charge < -0.3 is 19.1 Å². The van der Waals surface area contributed by atoms with Crippen molar-refractivity contribution in [1.82, 2.24) is 4.90 Å². The minimum absolute atomic E-state index is 0.161. The average Bonchev–Trinajstić information content (AvgIpc) is 2.73. The van der Waals surface area contributed by atoms with E-state index in [1.165, 1.54) is 0 Å². The largest absolute Gasteiger partial charge is 0.490 e. The maximum absolute atomic E-state index is 13.3. The minimum Gasteiger partial charge on any atom is -0.490 e. The molecule has 6 nitrogen and oxygen atoms in total. The van der Waals surface area contributed by atoms with Gasteiger partial charge in [0.25, 0.3) is 5.91 Å². The highest BCUT2D eigenvalue weighted by molar-refractivity contribution is 6.15. The molecule has 6 heteroatoms. The Balaban J connectivity index is 1.92. The van der Waals surface area contributed by atoms with E-state index in [-0.39, 0.29) is 11.7 Å². The Labute approximate surface area is 177 Å². The summed E-state index contributed by atoms with van der Waals surface area (Å²) in [5.74, 6) is 0.724. The van der Waals surface area contributed by atoms with Crippen LogP contribution in [0.2, 0.25) is 0 Å². The Morgan fingerprint density at radius 3 is 2.33 bits per heavy atom. The molecule has 1 aliphatic rings. The number of hydrogen-bond acceptors (Lipinski definition) is 5. The van der Waals surface area contributed by atoms with Crippen molar-refractivity contribution >= 4 is 11.7 Å². The van der Waals surface area contributed by atoms with Crippen LogP contribution in [0.25, 0.3) is 0 Å². The van der Waals surface area contributed by atoms with Gasteiger partial charge in [0.1, 0.15) is 0 Å². The van der Waals surface area contributed by atoms with Crippen molar-refractivity contribution in [2.24, 2.45) is 0 Å². The smallest absolute Gasteiger partial charge is 0.254 e. The van der Waals surface area contributed by atoms with Gasteiger partial charge in [-0.05, 0) is 52.0 Å². The number of carbonyl (C=O) groups is 2. The third-order valence-electron chi connectivity index (χ3n) is 4.92. The van der Waals surface area contributed by atoms with Gasteiger partial charge in [0.05, 0.1) is 31.0 Å². The predicted octanol–water partition coefficient (Wildman–Crippen LogP) is 3.97. The summed E-state index contributed by atoms with van der Waals surface area (Å²) in [6.07, 6.45) is 0. The van der Waals surface area contributed by atoms with Gasteiger partial charge in [-0.1, -0.05) is 18.2 Å². The molecule has 0 N–H and O–H groups in total. The molecule has 0 spiro atoms. The molecule has 1 fully saturated rings. The van der Waals surface area contributed by atoms with Gasteiger partial charge in [0, 0.05) is 24.2 Å². The number of carbonyl (C=O) groups excluding carboxylic acids is 2. The molecule has 1 saturated heterocycles. The van der Waals surface area contributed by atoms with Crippen molar-refractivity contribution < 1.29 is 23.8 Å². The molecule has 1 amide bonds. The molecule has 0 aliphatic carbocycles. The monoisotopic (exact) mass is 411 g/mol. The van der Waals surface area contributed by atoms with Crippen LogP contribution in [0.4, 0.5) is 0 Å². The first kappa shape index (κ1) is 21.8. The fraction of sp³-hybridized carbons (Fsp3) is 0.417. The van der Waals surface area contributed by atoms with E-state index in [0.717, 1.165) is 0 Å². The molecule has 2 aromatic carbocycles. The van der Waals surface area contributed by atoms with E-state index >= 15 is 0 Å². The molecule has 0 aromatic heterocycles. The molecule has 30 heavy (non-hydrogen) atoms. The molecule has 160 valence electrons. The fourth-order valence-corrected chi connectivity index (χ4v) is 3.58. The van der Waals surface area contributed by atoms with Crippen molar-refractivity contribution in [3.63, 3.8) is 0 Å². The second-order valence-corrected chi connectivity index (χ2v) is 7.74. The van der Waals surface area contributed by atoms with Gasteiger partial charge in [0.15, 0.2) is 17.3 Å². The van der Waals surface area contributed by atoms with Crippen LogP contribution in [-0.4, -0.2) is 55.1 Å². The standard InChI is InChI=1S/C24H29NO5/c1-5-28-20-12-11-17(15-21(20)29-6-2)22(26)18-9-7-8-10-19(18)23(27)25-13-14-30-24(3,4)16-25/h7-12,15H,5-6,13-14,16H2,1-4H3. The third-order valence-corrected chi connectivity index (χ3v) is 4.92. The van der Waals surface area contributed by atoms with Gasteiger partial charge in [-0.25, -0.2) is 0 Å². The van der Waals surface area contributed by atoms with Crippen LogP contribution in [0, 0.1) is 0 Å². The summed E-state index contributed by atoms with van der Waals surface area (Å²) in [7, 11) is 0. The Morgan fingerprint density at radius 2 is 1.67 bits per heavy atom. The van der Waals surface area contributed by atoms with Gasteiger partial charge in [-0.15, -0.1) is 0 Å². The van der Waals surface area contributed by atoms with Gasteiger partial charge >= 0.3 is 0 Å². The molecule has 0 saturated carbocycles. The van der Waals surface area contributed by atoms with Crippen LogP contribution in [0.1, 0.15) is 54.0 Å². The van der Waals surface area contributed by atoms with Crippen LogP contribution in [0.15, 0.2) is 42.5 Å². The second kappa shape index (κ2) is 9.30. The maximum Gasteiger partial charge on any atom is 0.254 e. The summed E-state index contributed by atoms with van der Waals surface area (Å²) in [6.45, 7) is 10.1. The lowest BCUT2D eigenvalue weighted by atomic mass is 9.96. The molecular formula is C24H29NO5. The van der Waals surface area contributed by atoms with Gasteiger partial charge in [0.2, 0.25) is 0 Å². The topological polar surface area (TPSA) is 65.1 Å². The number of benzene rings is 2. The third kappa shape index (κ3) is 4.82. The molecule has 2 aromatic rings. The van der Waals surface area contributed by atoms with Crippen molar-refractivity contribution in [3.8, 4) is 11.5 Å². The lowest BCUT2D eigenvalue weighted by Gasteiger charge is -2.38. The zero-order chi connectivity index (χ0) is 21.7. The zero-order valence-corrected chi connectivity index (χ0v) is 18.1. The Hall–Kier alpha value is -2.86. The highest BCUT2D eigenvalue weighted by Gasteiger charge is 2.32. The molecule has 0 bridgehead atoms. The molecule has 0 unspecified atom stereocenters. The van der Waals surface area contributed by atoms with E-state index in [4.69, 9.17) is 14.2 Å². The van der Waals surface area contributed by atoms with Crippen molar-refractivity contribution in [1.29, 1.82) is 0 Å². The normalized spacial score (nSPS) is 15.5. The van der Waals surface area contributed by atoms with Crippen molar-refractivity contribution in [2.75, 3.05) is 32.9 Å². The van der Waals surface area contributed by atoms with Crippen LogP contribution < -0.4 is 9.47 Å². The van der Waals surface area contributed by atoms with Crippen molar-refractivity contribution in [3.05, 3.63) is 59.2 Å². The molecule has 0 radical (unpaired) electrons. The molecular weight excluding hydrogens is 382 g/mol. The van der Waals surface area contributed by atoms with E-state index in [1.807, 2.05) is 27.7 Å². The van der Waals surface area contributed by atoms with E-state index in [2.05, 4.69) is 0 Å². The highest BCUT2D eigenvalue weighted by atomic mass is 16.5. The van der Waals surface area contributed by atoms with E-state index in [0.29, 0.717) is 61.1 Å². The fourth-order valence-electron chi connectivity index (χ4n) is 3.58. The first-order valence-electron chi connectivity index (χ1n) is 10.3. The Morgan fingerprint density at radius 1 is 1.00 bits per heavy atom. The number of ether oxygens (including phenoxy) is 3. The quantitative estimate of drug-likeness (QED) is 0.645. The van der Waals surface area contributed by atoms with E-state index in [9.17, 15) is 9.59 Å². The van der Waals surface area contributed by atoms with Crippen LogP contribution in [-0.2, 0) is 4.74 Å². The minimum atomic E-state index is -0.408. The predicted molar refractivity (Wildman–Crippen MR) is 115 cm³/mol. The Bertz CT molecular complexity index is 922. The number of rotatable bonds is 7. The average molecular weight is 411 g/mol. The summed E-state index contributed by atoms with van der Waals surface area (Å²) in [6, 6.07) is 12.1. The highest BCUT2D eigenvalue weighted by Crippen LogP contribution is 2.30. The summed E-state index contributed by atoms with van der Waals surface area (Å²) in [5, 5.41) is 0. The molecule has 1 aliphatic heterocycles. The summed E-state index contributed by atoms with van der Waals surface area (Å²) in [4.78, 5) is 28.3. The van der Waals surface area contributed by atoms with Gasteiger partial charge in [-0.3, -0.25) is 9.59 Å². The SMILES string of the molecule is CCOc1ccc(C(=O)c2ccccc2C(=O)N2CCOC(C)(C)C2)cc1OCC. The van der Waals surface area contributed by atoms with E-state index < -0.39 is 5.60 Å². The van der Waals surface area contributed by atoms with E-state index in [1.54, 1.807) is 47.4 Å². The number of ketones is 1. The summed E-state index contributed by atoms with van der Waals surface area (Å²) < 4.78 is 16.9. The van der Waals surface area contributed by atoms with Crippen LogP contribution >= 0.6 is 0 Å². The van der Waals surface area contributed by atoms with Crippen LogP contribution in [0.3, 0.4) is 0 Å². The molecule has 3 rings (SSSR count). The number of hydrogen-bond donors (Lipinski definition) is 0. The number of nitrogens with zero attached hydrogens (tertiary/aromatic N) is 1. The molecule has 1 heterocycles. The summed E-state index contributed by atoms with van der Waals surface area (Å²) >= 11 is 0. The Kier molecular flexibility index (Phi) is 6.77. The second-order valence-electron chi connectivity index (χ2n) is 7.74. The van der Waals surface area contributed by atoms with Crippen molar-refractivity contribution in [2.45, 2.75) is 33.3 Å². The first-order chi connectivity index (χ1) is 14.4. The lowest BCUT2D eigenvalue weighted by molar-refractivity contribution is -0.0764. The summed E-state index contributed by atoms with van der Waals surface area (Å²) in [5.41, 5.74) is 0.809. The molecule has 0 atom stereocenters. The van der Waals surface area contributed by atoms with Gasteiger partial charge in [-0.2, -0.15) is 0 Å². The number of morpholine rings is 1. The number of amides is 1. The van der Waals surface area contributed by atoms with Crippen LogP contribution in [0.5, 0.6) is 11.5 Å². The maximum atomic E-state index is 13.3. The first-order valence-corrected chi connectivity index (χ1v) is 10.3.